The number of aliphatic hydroxyl groups is 1. The average molecular weight is 374 g/mol. The monoisotopic (exact) mass is 374 g/mol. The predicted octanol–water partition coefficient (Wildman–Crippen LogP) is 2.73. The highest BCUT2D eigenvalue weighted by atomic mass is 16.5. The van der Waals surface area contributed by atoms with E-state index in [1.807, 2.05) is 32.0 Å². The topological polar surface area (TPSA) is 91.9 Å². The number of nitrogens with one attached hydrogen (secondary N) is 2. The van der Waals surface area contributed by atoms with Crippen molar-refractivity contribution in [1.82, 2.24) is 15.6 Å². The molecular weight excluding hydrogens is 344 g/mol. The van der Waals surface area contributed by atoms with Gasteiger partial charge in [-0.3, -0.25) is 0 Å². The van der Waals surface area contributed by atoms with Gasteiger partial charge in [-0.2, -0.15) is 0 Å². The number of rotatable bonds is 9. The molecule has 0 amide bonds. The maximum Gasteiger partial charge on any atom is 0.213 e. The summed E-state index contributed by atoms with van der Waals surface area (Å²) in [7, 11) is 0. The van der Waals surface area contributed by atoms with Crippen molar-refractivity contribution in [3.05, 3.63) is 47.5 Å². The number of nitrogens with zero attached hydrogens (tertiary/aromatic N) is 2. The predicted molar refractivity (Wildman–Crippen MR) is 106 cm³/mol. The molecule has 7 nitrogen and oxygen atoms in total. The first kappa shape index (κ1) is 20.8. The normalized spacial score (nSPS) is 13.9. The van der Waals surface area contributed by atoms with Crippen molar-refractivity contribution in [2.24, 2.45) is 4.99 Å². The highest BCUT2D eigenvalue weighted by Gasteiger charge is 2.27. The highest BCUT2D eigenvalue weighted by Crippen LogP contribution is 2.21. The zero-order chi connectivity index (χ0) is 19.7. The highest BCUT2D eigenvalue weighted by molar-refractivity contribution is 5.79. The van der Waals surface area contributed by atoms with E-state index in [1.54, 1.807) is 19.2 Å². The van der Waals surface area contributed by atoms with E-state index >= 15 is 0 Å². The van der Waals surface area contributed by atoms with E-state index in [1.165, 1.54) is 0 Å². The summed E-state index contributed by atoms with van der Waals surface area (Å²) >= 11 is 0. The van der Waals surface area contributed by atoms with Gasteiger partial charge >= 0.3 is 0 Å². The molecule has 148 valence electrons. The van der Waals surface area contributed by atoms with E-state index in [0.29, 0.717) is 30.8 Å². The molecule has 1 atom stereocenters. The van der Waals surface area contributed by atoms with Crippen molar-refractivity contribution in [3.63, 3.8) is 0 Å². The van der Waals surface area contributed by atoms with Gasteiger partial charge in [0.15, 0.2) is 5.96 Å². The number of furan rings is 1. The smallest absolute Gasteiger partial charge is 0.213 e. The fourth-order valence-corrected chi connectivity index (χ4v) is 2.38. The van der Waals surface area contributed by atoms with E-state index in [9.17, 15) is 5.11 Å². The van der Waals surface area contributed by atoms with Crippen molar-refractivity contribution in [3.8, 4) is 5.88 Å². The van der Waals surface area contributed by atoms with Gasteiger partial charge < -0.3 is 24.9 Å². The molecule has 0 aliphatic heterocycles. The summed E-state index contributed by atoms with van der Waals surface area (Å²) in [5, 5.41) is 17.0. The number of aromatic nitrogens is 1. The Kier molecular flexibility index (Phi) is 7.67. The van der Waals surface area contributed by atoms with Gasteiger partial charge in [0.25, 0.3) is 0 Å². The summed E-state index contributed by atoms with van der Waals surface area (Å²) in [5.74, 6) is 2.53. The first-order valence-corrected chi connectivity index (χ1v) is 9.33. The minimum absolute atomic E-state index is 0.272. The number of guanidine groups is 1. The van der Waals surface area contributed by atoms with Gasteiger partial charge in [-0.05, 0) is 44.9 Å². The second kappa shape index (κ2) is 9.97. The van der Waals surface area contributed by atoms with Crippen LogP contribution in [0.5, 0.6) is 5.88 Å². The molecule has 0 saturated carbocycles. The van der Waals surface area contributed by atoms with E-state index < -0.39 is 5.60 Å². The Labute approximate surface area is 160 Å². The maximum atomic E-state index is 10.6. The van der Waals surface area contributed by atoms with Gasteiger partial charge in [0.2, 0.25) is 5.88 Å². The molecule has 3 N–H and O–H groups in total. The second-order valence-electron chi connectivity index (χ2n) is 6.59. The third-order valence-electron chi connectivity index (χ3n) is 3.89. The Morgan fingerprint density at radius 3 is 2.67 bits per heavy atom. The van der Waals surface area contributed by atoms with Crippen LogP contribution >= 0.6 is 0 Å². The second-order valence-corrected chi connectivity index (χ2v) is 6.59. The summed E-state index contributed by atoms with van der Waals surface area (Å²) in [5.41, 5.74) is -0.158. The van der Waals surface area contributed by atoms with Crippen LogP contribution in [-0.2, 0) is 12.1 Å². The van der Waals surface area contributed by atoms with Gasteiger partial charge in [0.05, 0.1) is 19.7 Å². The fraction of sp³-hybridized carbons (Fsp3) is 0.500. The number of aryl methyl sites for hydroxylation is 1. The maximum absolute atomic E-state index is 10.6. The van der Waals surface area contributed by atoms with Gasteiger partial charge in [-0.15, -0.1) is 0 Å². The zero-order valence-electron chi connectivity index (χ0n) is 16.6. The summed E-state index contributed by atoms with van der Waals surface area (Å²) in [6.07, 6.45) is 2.71. The van der Waals surface area contributed by atoms with Crippen LogP contribution in [0, 0.1) is 6.92 Å². The van der Waals surface area contributed by atoms with Crippen molar-refractivity contribution in [2.75, 3.05) is 19.7 Å². The summed E-state index contributed by atoms with van der Waals surface area (Å²) in [6, 6.07) is 7.43. The van der Waals surface area contributed by atoms with E-state index in [0.717, 1.165) is 24.3 Å². The number of pyridine rings is 1. The third kappa shape index (κ3) is 6.60. The molecule has 2 aromatic heterocycles. The van der Waals surface area contributed by atoms with Crippen LogP contribution in [0.15, 0.2) is 39.9 Å². The third-order valence-corrected chi connectivity index (χ3v) is 3.89. The fourth-order valence-electron chi connectivity index (χ4n) is 2.38. The van der Waals surface area contributed by atoms with E-state index in [2.05, 4.69) is 27.5 Å². The average Bonchev–Trinajstić information content (AvgIpc) is 3.10. The van der Waals surface area contributed by atoms with Crippen molar-refractivity contribution < 1.29 is 14.3 Å². The number of aliphatic imine (C=N–C) groups is 1. The molecule has 0 radical (unpaired) electrons. The molecule has 0 aliphatic carbocycles. The molecule has 0 aromatic carbocycles. The lowest BCUT2D eigenvalue weighted by Crippen LogP contribution is -2.44. The molecule has 27 heavy (non-hydrogen) atoms. The number of ether oxygens (including phenoxy) is 1. The van der Waals surface area contributed by atoms with Crippen LogP contribution in [0.2, 0.25) is 0 Å². The van der Waals surface area contributed by atoms with Crippen LogP contribution in [0.3, 0.4) is 0 Å². The Hall–Kier alpha value is -2.54. The Morgan fingerprint density at radius 2 is 2.07 bits per heavy atom. The Bertz CT molecular complexity index is 723. The lowest BCUT2D eigenvalue weighted by atomic mass is 10.0. The molecule has 0 saturated heterocycles. The molecular formula is C20H30N4O3. The molecule has 0 fully saturated rings. The molecule has 2 heterocycles. The molecule has 2 rings (SSSR count). The molecule has 7 heteroatoms. The van der Waals surface area contributed by atoms with Crippen molar-refractivity contribution in [1.29, 1.82) is 0 Å². The SMILES string of the molecule is CCCOc1ccc(CN=C(NCC)NCC(C)(O)c2ccc(C)o2)cn1. The van der Waals surface area contributed by atoms with Crippen molar-refractivity contribution in [2.45, 2.75) is 46.3 Å². The number of hydrogen-bond acceptors (Lipinski definition) is 5. The van der Waals surface area contributed by atoms with Crippen LogP contribution in [-0.4, -0.2) is 35.7 Å². The van der Waals surface area contributed by atoms with Gasteiger partial charge in [-0.1, -0.05) is 13.0 Å². The summed E-state index contributed by atoms with van der Waals surface area (Å²) in [4.78, 5) is 8.83. The van der Waals surface area contributed by atoms with Crippen LogP contribution in [0.1, 0.15) is 44.3 Å². The van der Waals surface area contributed by atoms with Crippen molar-refractivity contribution >= 4 is 5.96 Å². The minimum Gasteiger partial charge on any atom is -0.478 e. The molecule has 0 bridgehead atoms. The van der Waals surface area contributed by atoms with Crippen LogP contribution in [0.4, 0.5) is 0 Å². The quantitative estimate of drug-likeness (QED) is 0.462. The summed E-state index contributed by atoms with van der Waals surface area (Å²) in [6.45, 7) is 9.73. The van der Waals surface area contributed by atoms with E-state index in [4.69, 9.17) is 9.15 Å². The van der Waals surface area contributed by atoms with Crippen LogP contribution < -0.4 is 15.4 Å². The Balaban J connectivity index is 1.95. The Morgan fingerprint density at radius 1 is 1.26 bits per heavy atom. The van der Waals surface area contributed by atoms with E-state index in [-0.39, 0.29) is 6.54 Å². The summed E-state index contributed by atoms with van der Waals surface area (Å²) < 4.78 is 11.0. The van der Waals surface area contributed by atoms with Gasteiger partial charge in [0.1, 0.15) is 17.1 Å². The molecule has 0 aliphatic rings. The largest absolute Gasteiger partial charge is 0.478 e. The minimum atomic E-state index is -1.13. The first-order valence-electron chi connectivity index (χ1n) is 9.33. The zero-order valence-corrected chi connectivity index (χ0v) is 16.6. The standard InChI is InChI=1S/C20H30N4O3/c1-5-11-26-18-10-8-16(12-22-18)13-23-19(21-6-2)24-14-20(4,25)17-9-7-15(3)27-17/h7-10,12,25H,5-6,11,13-14H2,1-4H3,(H2,21,23,24). The van der Waals surface area contributed by atoms with Gasteiger partial charge in [0, 0.05) is 18.8 Å². The molecule has 2 aromatic rings. The molecule has 1 unspecified atom stereocenters. The lowest BCUT2D eigenvalue weighted by molar-refractivity contribution is 0.0378. The number of hydrogen-bond donors (Lipinski definition) is 3. The lowest BCUT2D eigenvalue weighted by Gasteiger charge is -2.22. The molecule has 0 spiro atoms. The first-order chi connectivity index (χ1) is 12.9. The van der Waals surface area contributed by atoms with Crippen LogP contribution in [0.25, 0.3) is 0 Å². The van der Waals surface area contributed by atoms with Gasteiger partial charge in [-0.25, -0.2) is 9.98 Å².